The lowest BCUT2D eigenvalue weighted by Crippen LogP contribution is -2.06. The number of benzene rings is 2. The third kappa shape index (κ3) is 2.63. The molecule has 3 rings (SSSR count). The highest BCUT2D eigenvalue weighted by molar-refractivity contribution is 6.13. The summed E-state index contributed by atoms with van der Waals surface area (Å²) >= 11 is 0. The monoisotopic (exact) mass is 277 g/mol. The van der Waals surface area contributed by atoms with Crippen molar-refractivity contribution in [1.82, 2.24) is 0 Å². The second-order valence-electron chi connectivity index (χ2n) is 5.01. The van der Waals surface area contributed by atoms with Crippen molar-refractivity contribution in [2.75, 3.05) is 0 Å². The molecule has 21 heavy (non-hydrogen) atoms. The van der Waals surface area contributed by atoms with Crippen LogP contribution in [0.2, 0.25) is 0 Å². The summed E-state index contributed by atoms with van der Waals surface area (Å²) in [4.78, 5) is 16.3. The van der Waals surface area contributed by atoms with Gasteiger partial charge in [0.2, 0.25) is 5.90 Å². The van der Waals surface area contributed by atoms with E-state index in [0.29, 0.717) is 11.6 Å². The zero-order chi connectivity index (χ0) is 14.8. The first-order valence-corrected chi connectivity index (χ1v) is 6.79. The molecule has 0 unspecified atom stereocenters. The lowest BCUT2D eigenvalue weighted by atomic mass is 10.1. The minimum absolute atomic E-state index is 0.336. The van der Waals surface area contributed by atoms with Gasteiger partial charge in [0.15, 0.2) is 5.70 Å². The van der Waals surface area contributed by atoms with E-state index in [4.69, 9.17) is 4.74 Å². The van der Waals surface area contributed by atoms with Crippen molar-refractivity contribution in [2.45, 2.75) is 13.8 Å². The van der Waals surface area contributed by atoms with Gasteiger partial charge in [0.05, 0.1) is 0 Å². The summed E-state index contributed by atoms with van der Waals surface area (Å²) < 4.78 is 5.30. The standard InChI is InChI=1S/C18H15NO2/c1-12-7-3-5-9-14(12)11-16-18(20)21-17(19-16)15-10-6-4-8-13(15)2/h3-11H,1-2H3/b16-11-. The molecular formula is C18H15NO2. The Morgan fingerprint density at radius 1 is 0.952 bits per heavy atom. The second-order valence-corrected chi connectivity index (χ2v) is 5.01. The Balaban J connectivity index is 2.00. The fourth-order valence-corrected chi connectivity index (χ4v) is 2.23. The molecule has 0 N–H and O–H groups in total. The summed E-state index contributed by atoms with van der Waals surface area (Å²) in [5, 5.41) is 0. The second kappa shape index (κ2) is 5.37. The van der Waals surface area contributed by atoms with Crippen molar-refractivity contribution < 1.29 is 9.53 Å². The van der Waals surface area contributed by atoms with Gasteiger partial charge in [-0.15, -0.1) is 0 Å². The molecule has 0 bridgehead atoms. The van der Waals surface area contributed by atoms with Gasteiger partial charge in [-0.25, -0.2) is 9.79 Å². The van der Waals surface area contributed by atoms with Crippen molar-refractivity contribution >= 4 is 17.9 Å². The van der Waals surface area contributed by atoms with E-state index in [1.165, 1.54) is 0 Å². The molecule has 1 heterocycles. The number of cyclic esters (lactones) is 1. The summed E-state index contributed by atoms with van der Waals surface area (Å²) in [6.07, 6.45) is 1.77. The summed E-state index contributed by atoms with van der Waals surface area (Å²) in [5.74, 6) is -0.0329. The maximum atomic E-state index is 12.0. The van der Waals surface area contributed by atoms with Gasteiger partial charge in [0.25, 0.3) is 0 Å². The molecule has 0 saturated heterocycles. The zero-order valence-corrected chi connectivity index (χ0v) is 12.0. The first-order valence-electron chi connectivity index (χ1n) is 6.79. The predicted molar refractivity (Wildman–Crippen MR) is 83.0 cm³/mol. The van der Waals surface area contributed by atoms with E-state index in [0.717, 1.165) is 22.3 Å². The van der Waals surface area contributed by atoms with Crippen LogP contribution in [0.3, 0.4) is 0 Å². The normalized spacial score (nSPS) is 16.0. The lowest BCUT2D eigenvalue weighted by Gasteiger charge is -2.02. The highest BCUT2D eigenvalue weighted by Gasteiger charge is 2.24. The third-order valence-electron chi connectivity index (χ3n) is 3.48. The number of rotatable bonds is 2. The Labute approximate surface area is 123 Å². The molecular weight excluding hydrogens is 262 g/mol. The van der Waals surface area contributed by atoms with E-state index in [2.05, 4.69) is 4.99 Å². The summed E-state index contributed by atoms with van der Waals surface area (Å²) in [7, 11) is 0. The van der Waals surface area contributed by atoms with Gasteiger partial charge in [0.1, 0.15) is 0 Å². The van der Waals surface area contributed by atoms with E-state index < -0.39 is 5.97 Å². The van der Waals surface area contributed by atoms with E-state index in [-0.39, 0.29) is 0 Å². The van der Waals surface area contributed by atoms with Gasteiger partial charge in [-0.2, -0.15) is 0 Å². The molecule has 0 atom stereocenters. The van der Waals surface area contributed by atoms with Crippen LogP contribution >= 0.6 is 0 Å². The fourth-order valence-electron chi connectivity index (χ4n) is 2.23. The predicted octanol–water partition coefficient (Wildman–Crippen LogP) is 3.65. The van der Waals surface area contributed by atoms with Crippen LogP contribution in [-0.4, -0.2) is 11.9 Å². The van der Waals surface area contributed by atoms with E-state index in [1.807, 2.05) is 62.4 Å². The zero-order valence-electron chi connectivity index (χ0n) is 12.0. The SMILES string of the molecule is Cc1ccccc1/C=C1\N=C(c2ccccc2C)OC1=O. The quantitative estimate of drug-likeness (QED) is 0.621. The number of ether oxygens (including phenoxy) is 1. The molecule has 2 aromatic rings. The number of aliphatic imine (C=N–C) groups is 1. The number of nitrogens with zero attached hydrogens (tertiary/aromatic N) is 1. The van der Waals surface area contributed by atoms with Gasteiger partial charge >= 0.3 is 5.97 Å². The average Bonchev–Trinajstić information content (AvgIpc) is 2.83. The van der Waals surface area contributed by atoms with Crippen LogP contribution in [0, 0.1) is 13.8 Å². The van der Waals surface area contributed by atoms with E-state index in [9.17, 15) is 4.79 Å². The molecule has 1 aliphatic heterocycles. The first-order chi connectivity index (χ1) is 10.1. The van der Waals surface area contributed by atoms with Gasteiger partial charge in [-0.3, -0.25) is 0 Å². The molecule has 0 aromatic heterocycles. The van der Waals surface area contributed by atoms with Crippen molar-refractivity contribution in [3.63, 3.8) is 0 Å². The molecule has 0 aliphatic carbocycles. The van der Waals surface area contributed by atoms with Crippen molar-refractivity contribution in [2.24, 2.45) is 4.99 Å². The average molecular weight is 277 g/mol. The van der Waals surface area contributed by atoms with Crippen LogP contribution in [0.25, 0.3) is 6.08 Å². The van der Waals surface area contributed by atoms with Crippen LogP contribution in [-0.2, 0) is 9.53 Å². The van der Waals surface area contributed by atoms with Crippen molar-refractivity contribution in [3.05, 3.63) is 76.5 Å². The molecule has 3 nitrogen and oxygen atoms in total. The van der Waals surface area contributed by atoms with Crippen LogP contribution < -0.4 is 0 Å². The summed E-state index contributed by atoms with van der Waals surface area (Å²) in [6.45, 7) is 3.97. The van der Waals surface area contributed by atoms with Crippen LogP contribution in [0.5, 0.6) is 0 Å². The number of hydrogen-bond donors (Lipinski definition) is 0. The Hall–Kier alpha value is -2.68. The van der Waals surface area contributed by atoms with Gasteiger partial charge in [-0.05, 0) is 42.7 Å². The molecule has 0 fully saturated rings. The van der Waals surface area contributed by atoms with E-state index >= 15 is 0 Å². The number of aryl methyl sites for hydroxylation is 2. The van der Waals surface area contributed by atoms with Gasteiger partial charge in [0, 0.05) is 5.56 Å². The van der Waals surface area contributed by atoms with E-state index in [1.54, 1.807) is 6.08 Å². The number of hydrogen-bond acceptors (Lipinski definition) is 3. The van der Waals surface area contributed by atoms with Crippen LogP contribution in [0.15, 0.2) is 59.2 Å². The Kier molecular flexibility index (Phi) is 3.40. The summed E-state index contributed by atoms with van der Waals surface area (Å²) in [6, 6.07) is 15.6. The largest absolute Gasteiger partial charge is 0.402 e. The van der Waals surface area contributed by atoms with Crippen LogP contribution in [0.4, 0.5) is 0 Å². The third-order valence-corrected chi connectivity index (χ3v) is 3.48. The Morgan fingerprint density at radius 2 is 1.62 bits per heavy atom. The molecule has 0 saturated carbocycles. The van der Waals surface area contributed by atoms with Crippen molar-refractivity contribution in [3.8, 4) is 0 Å². The highest BCUT2D eigenvalue weighted by atomic mass is 16.6. The maximum Gasteiger partial charge on any atom is 0.363 e. The minimum atomic E-state index is -0.406. The molecule has 0 spiro atoms. The molecule has 2 aromatic carbocycles. The van der Waals surface area contributed by atoms with Gasteiger partial charge in [-0.1, -0.05) is 42.5 Å². The maximum absolute atomic E-state index is 12.0. The Morgan fingerprint density at radius 3 is 2.33 bits per heavy atom. The molecule has 1 aliphatic rings. The van der Waals surface area contributed by atoms with Crippen molar-refractivity contribution in [1.29, 1.82) is 0 Å². The van der Waals surface area contributed by atoms with Crippen LogP contribution in [0.1, 0.15) is 22.3 Å². The lowest BCUT2D eigenvalue weighted by molar-refractivity contribution is -0.129. The molecule has 0 radical (unpaired) electrons. The topological polar surface area (TPSA) is 38.7 Å². The first kappa shape index (κ1) is 13.3. The number of esters is 1. The molecule has 104 valence electrons. The molecule has 0 amide bonds. The summed E-state index contributed by atoms with van der Waals surface area (Å²) in [5.41, 5.74) is 4.28. The molecule has 3 heteroatoms. The van der Waals surface area contributed by atoms with Gasteiger partial charge < -0.3 is 4.74 Å². The smallest absolute Gasteiger partial charge is 0.363 e. The fraction of sp³-hybridized carbons (Fsp3) is 0.111. The highest BCUT2D eigenvalue weighted by Crippen LogP contribution is 2.21. The minimum Gasteiger partial charge on any atom is -0.402 e. The Bertz CT molecular complexity index is 772. The number of carbonyl (C=O) groups is 1. The number of carbonyl (C=O) groups excluding carboxylic acids is 1.